The van der Waals surface area contributed by atoms with Crippen LogP contribution in [0.5, 0.6) is 0 Å². The largest absolute Gasteiger partial charge is 0.478 e. The van der Waals surface area contributed by atoms with Crippen LogP contribution in [-0.4, -0.2) is 40.9 Å². The van der Waals surface area contributed by atoms with Crippen LogP contribution >= 0.6 is 0 Å². The van der Waals surface area contributed by atoms with Crippen molar-refractivity contribution in [2.45, 2.75) is 39.3 Å². The van der Waals surface area contributed by atoms with Gasteiger partial charge in [-0.2, -0.15) is 0 Å². The summed E-state index contributed by atoms with van der Waals surface area (Å²) in [6.45, 7) is 4.84. The van der Waals surface area contributed by atoms with Gasteiger partial charge in [0.1, 0.15) is 12.1 Å². The number of hydrogen-bond acceptors (Lipinski definition) is 4. The summed E-state index contributed by atoms with van der Waals surface area (Å²) < 4.78 is 0. The highest BCUT2D eigenvalue weighted by Gasteiger charge is 2.27. The maximum Gasteiger partial charge on any atom is 0.335 e. The van der Waals surface area contributed by atoms with Crippen LogP contribution in [0, 0.1) is 5.92 Å². The number of carboxylic acids is 1. The fourth-order valence-corrected chi connectivity index (χ4v) is 2.26. The Hall–Kier alpha value is -2.90. The highest BCUT2D eigenvalue weighted by atomic mass is 16.4. The number of carbonyl (C=O) groups is 4. The predicted octanol–water partition coefficient (Wildman–Crippen LogP) is 0.0581. The van der Waals surface area contributed by atoms with Gasteiger partial charge in [-0.3, -0.25) is 14.4 Å². The van der Waals surface area contributed by atoms with Crippen molar-refractivity contribution in [2.75, 3.05) is 0 Å². The zero-order valence-corrected chi connectivity index (χ0v) is 14.4. The van der Waals surface area contributed by atoms with Crippen LogP contribution in [0.15, 0.2) is 24.3 Å². The molecule has 0 unspecified atom stereocenters. The summed E-state index contributed by atoms with van der Waals surface area (Å²) in [7, 11) is 0. The van der Waals surface area contributed by atoms with E-state index in [-0.39, 0.29) is 23.8 Å². The number of amides is 3. The average Bonchev–Trinajstić information content (AvgIpc) is 2.51. The van der Waals surface area contributed by atoms with Crippen molar-refractivity contribution in [3.05, 3.63) is 35.4 Å². The van der Waals surface area contributed by atoms with Gasteiger partial charge in [-0.1, -0.05) is 26.0 Å². The second-order valence-corrected chi connectivity index (χ2v) is 6.09. The molecule has 3 amide bonds. The van der Waals surface area contributed by atoms with Crippen molar-refractivity contribution in [1.29, 1.82) is 0 Å². The molecule has 5 N–H and O–H groups in total. The van der Waals surface area contributed by atoms with Gasteiger partial charge < -0.3 is 21.5 Å². The number of carbonyl (C=O) groups excluding carboxylic acids is 3. The topological polar surface area (TPSA) is 139 Å². The van der Waals surface area contributed by atoms with E-state index in [1.807, 2.05) is 0 Å². The number of benzene rings is 1. The van der Waals surface area contributed by atoms with E-state index in [9.17, 15) is 19.2 Å². The van der Waals surface area contributed by atoms with E-state index in [4.69, 9.17) is 10.8 Å². The number of primary amides is 1. The lowest BCUT2D eigenvalue weighted by molar-refractivity contribution is -0.131. The third kappa shape index (κ3) is 6.25. The third-order valence-electron chi connectivity index (χ3n) is 3.61. The summed E-state index contributed by atoms with van der Waals surface area (Å²) in [5, 5.41) is 14.0. The minimum atomic E-state index is -1.05. The lowest BCUT2D eigenvalue weighted by Crippen LogP contribution is -2.55. The molecule has 0 saturated heterocycles. The predicted molar refractivity (Wildman–Crippen MR) is 90.7 cm³/mol. The molecule has 0 spiro atoms. The molecule has 0 aliphatic rings. The number of hydrogen-bond donors (Lipinski definition) is 4. The number of nitrogens with two attached hydrogens (primary N) is 1. The van der Waals surface area contributed by atoms with Gasteiger partial charge in [0.15, 0.2) is 0 Å². The molecule has 0 bridgehead atoms. The van der Waals surface area contributed by atoms with E-state index < -0.39 is 29.9 Å². The van der Waals surface area contributed by atoms with Gasteiger partial charge in [-0.25, -0.2) is 4.79 Å². The SMILES string of the molecule is CC(=O)N[C@@H](C(=O)N[C@@H](Cc1ccc(C(=O)O)cc1)C(N)=O)C(C)C. The van der Waals surface area contributed by atoms with Gasteiger partial charge in [0.2, 0.25) is 17.7 Å². The number of nitrogens with one attached hydrogen (secondary N) is 2. The van der Waals surface area contributed by atoms with E-state index >= 15 is 0 Å². The van der Waals surface area contributed by atoms with Crippen molar-refractivity contribution in [3.8, 4) is 0 Å². The number of carboxylic acid groups (broad SMARTS) is 1. The Balaban J connectivity index is 2.85. The van der Waals surface area contributed by atoms with Crippen LogP contribution in [0.4, 0.5) is 0 Å². The maximum absolute atomic E-state index is 12.4. The first-order valence-corrected chi connectivity index (χ1v) is 7.80. The maximum atomic E-state index is 12.4. The van der Waals surface area contributed by atoms with Gasteiger partial charge in [-0.15, -0.1) is 0 Å². The Morgan fingerprint density at radius 3 is 2.04 bits per heavy atom. The molecular weight excluding hydrogens is 326 g/mol. The summed E-state index contributed by atoms with van der Waals surface area (Å²) in [6, 6.07) is 4.17. The van der Waals surface area contributed by atoms with Gasteiger partial charge in [-0.05, 0) is 23.6 Å². The van der Waals surface area contributed by atoms with E-state index in [2.05, 4.69) is 10.6 Å². The van der Waals surface area contributed by atoms with Crippen molar-refractivity contribution < 1.29 is 24.3 Å². The van der Waals surface area contributed by atoms with Crippen LogP contribution in [0.2, 0.25) is 0 Å². The van der Waals surface area contributed by atoms with E-state index in [1.54, 1.807) is 26.0 Å². The quantitative estimate of drug-likeness (QED) is 0.525. The van der Waals surface area contributed by atoms with Crippen LogP contribution in [-0.2, 0) is 20.8 Å². The fraction of sp³-hybridized carbons (Fsp3) is 0.412. The summed E-state index contributed by atoms with van der Waals surface area (Å²) in [4.78, 5) is 46.1. The number of aromatic carboxylic acids is 1. The molecule has 1 aromatic carbocycles. The second-order valence-electron chi connectivity index (χ2n) is 6.09. The van der Waals surface area contributed by atoms with Crippen molar-refractivity contribution in [1.82, 2.24) is 10.6 Å². The lowest BCUT2D eigenvalue weighted by Gasteiger charge is -2.24. The summed E-state index contributed by atoms with van der Waals surface area (Å²) in [5.74, 6) is -2.81. The molecule has 0 aliphatic carbocycles. The molecule has 0 heterocycles. The van der Waals surface area contributed by atoms with Crippen LogP contribution < -0.4 is 16.4 Å². The highest BCUT2D eigenvalue weighted by Crippen LogP contribution is 2.09. The Morgan fingerprint density at radius 1 is 1.08 bits per heavy atom. The molecule has 0 aromatic heterocycles. The minimum absolute atomic E-state index is 0.117. The van der Waals surface area contributed by atoms with Gasteiger partial charge in [0, 0.05) is 13.3 Å². The Kier molecular flexibility index (Phi) is 7.10. The molecule has 25 heavy (non-hydrogen) atoms. The van der Waals surface area contributed by atoms with Gasteiger partial charge in [0.05, 0.1) is 5.56 Å². The van der Waals surface area contributed by atoms with Crippen molar-refractivity contribution in [2.24, 2.45) is 11.7 Å². The molecule has 2 atom stereocenters. The molecule has 0 radical (unpaired) electrons. The van der Waals surface area contributed by atoms with Crippen molar-refractivity contribution in [3.63, 3.8) is 0 Å². The fourth-order valence-electron chi connectivity index (χ4n) is 2.26. The van der Waals surface area contributed by atoms with E-state index in [0.717, 1.165) is 0 Å². The van der Waals surface area contributed by atoms with Crippen molar-refractivity contribution >= 4 is 23.7 Å². The molecular formula is C17H23N3O5. The minimum Gasteiger partial charge on any atom is -0.478 e. The number of rotatable bonds is 8. The Bertz CT molecular complexity index is 655. The summed E-state index contributed by atoms with van der Waals surface area (Å²) in [5.41, 5.74) is 6.12. The molecule has 0 aliphatic heterocycles. The molecule has 136 valence electrons. The standard InChI is InChI=1S/C17H23N3O5/c1-9(2)14(19-10(3)21)16(23)20-13(15(18)22)8-11-4-6-12(7-5-11)17(24)25/h4-7,9,13-14H,8H2,1-3H3,(H2,18,22)(H,19,21)(H,20,23)(H,24,25)/t13-,14+/m0/s1. The zero-order valence-electron chi connectivity index (χ0n) is 14.4. The summed E-state index contributed by atoms with van der Waals surface area (Å²) in [6.07, 6.45) is 0.117. The first kappa shape index (κ1) is 20.1. The molecule has 1 rings (SSSR count). The van der Waals surface area contributed by atoms with Crippen LogP contribution in [0.3, 0.4) is 0 Å². The highest BCUT2D eigenvalue weighted by molar-refractivity contribution is 5.91. The zero-order chi connectivity index (χ0) is 19.1. The molecule has 0 fully saturated rings. The third-order valence-corrected chi connectivity index (χ3v) is 3.61. The molecule has 8 nitrogen and oxygen atoms in total. The van der Waals surface area contributed by atoms with Gasteiger partial charge >= 0.3 is 5.97 Å². The van der Waals surface area contributed by atoms with E-state index in [1.165, 1.54) is 19.1 Å². The average molecular weight is 349 g/mol. The first-order chi connectivity index (χ1) is 11.6. The first-order valence-electron chi connectivity index (χ1n) is 7.80. The smallest absolute Gasteiger partial charge is 0.335 e. The summed E-state index contributed by atoms with van der Waals surface area (Å²) >= 11 is 0. The van der Waals surface area contributed by atoms with E-state index in [0.29, 0.717) is 5.56 Å². The van der Waals surface area contributed by atoms with Crippen LogP contribution in [0.25, 0.3) is 0 Å². The monoisotopic (exact) mass is 349 g/mol. The molecule has 1 aromatic rings. The van der Waals surface area contributed by atoms with Gasteiger partial charge in [0.25, 0.3) is 0 Å². The second kappa shape index (κ2) is 8.81. The lowest BCUT2D eigenvalue weighted by atomic mass is 10.0. The molecule has 8 heteroatoms. The van der Waals surface area contributed by atoms with Crippen LogP contribution in [0.1, 0.15) is 36.7 Å². The molecule has 0 saturated carbocycles. The normalized spacial score (nSPS) is 13.0. The Labute approximate surface area is 145 Å². The Morgan fingerprint density at radius 2 is 1.64 bits per heavy atom.